The Kier molecular flexibility index (Phi) is 5.77. The minimum Gasteiger partial charge on any atom is -0.335 e. The van der Waals surface area contributed by atoms with Crippen LogP contribution in [0.4, 0.5) is 0 Å². The third-order valence-corrected chi connectivity index (χ3v) is 4.98. The van der Waals surface area contributed by atoms with Crippen LogP contribution < -0.4 is 5.84 Å². The second-order valence-electron chi connectivity index (χ2n) is 5.26. The number of unbranched alkanes of at least 4 members (excludes halogenated alkanes) is 1. The standard InChI is InChI=1S/C14H16Cl2N8S/c1-2-3-6-23-12(18-21-22-23)8-25-14-20-19-13(24(14)17)10-5-4-9(15)7-11(10)16/h4-5,7H,2-3,6,8,17H2,1H3. The highest BCUT2D eigenvalue weighted by Crippen LogP contribution is 2.30. The van der Waals surface area contributed by atoms with Gasteiger partial charge in [0.05, 0.1) is 10.8 Å². The zero-order valence-corrected chi connectivity index (χ0v) is 15.8. The summed E-state index contributed by atoms with van der Waals surface area (Å²) in [5, 5.41) is 21.6. The van der Waals surface area contributed by atoms with Crippen molar-refractivity contribution in [3.8, 4) is 11.4 Å². The van der Waals surface area contributed by atoms with Gasteiger partial charge in [-0.1, -0.05) is 48.3 Å². The van der Waals surface area contributed by atoms with Gasteiger partial charge >= 0.3 is 0 Å². The molecule has 0 unspecified atom stereocenters. The third-order valence-electron chi connectivity index (χ3n) is 3.50. The summed E-state index contributed by atoms with van der Waals surface area (Å²) in [5.41, 5.74) is 0.667. The van der Waals surface area contributed by atoms with Crippen molar-refractivity contribution in [1.29, 1.82) is 0 Å². The predicted octanol–water partition coefficient (Wildman–Crippen LogP) is 3.04. The summed E-state index contributed by atoms with van der Waals surface area (Å²) in [6.45, 7) is 2.92. The molecule has 0 saturated heterocycles. The zero-order chi connectivity index (χ0) is 17.8. The summed E-state index contributed by atoms with van der Waals surface area (Å²) in [6, 6.07) is 5.13. The fourth-order valence-corrected chi connectivity index (χ4v) is 3.45. The Balaban J connectivity index is 1.75. The number of benzene rings is 1. The molecule has 0 amide bonds. The Morgan fingerprint density at radius 3 is 2.80 bits per heavy atom. The van der Waals surface area contributed by atoms with Gasteiger partial charge in [-0.2, -0.15) is 0 Å². The number of nitrogens with two attached hydrogens (primary N) is 1. The molecule has 1 aromatic carbocycles. The van der Waals surface area contributed by atoms with E-state index in [0.717, 1.165) is 25.2 Å². The summed E-state index contributed by atoms with van der Waals surface area (Å²) >= 11 is 13.5. The molecule has 0 atom stereocenters. The normalized spacial score (nSPS) is 11.2. The number of hydrogen-bond donors (Lipinski definition) is 1. The van der Waals surface area contributed by atoms with Crippen molar-refractivity contribution in [2.24, 2.45) is 0 Å². The number of nitrogens with zero attached hydrogens (tertiary/aromatic N) is 7. The Labute approximate surface area is 158 Å². The molecule has 25 heavy (non-hydrogen) atoms. The van der Waals surface area contributed by atoms with Gasteiger partial charge in [-0.3, -0.25) is 0 Å². The van der Waals surface area contributed by atoms with E-state index in [1.807, 2.05) is 0 Å². The van der Waals surface area contributed by atoms with Crippen molar-refractivity contribution in [1.82, 2.24) is 35.1 Å². The van der Waals surface area contributed by atoms with Crippen molar-refractivity contribution >= 4 is 35.0 Å². The van der Waals surface area contributed by atoms with E-state index in [1.54, 1.807) is 22.9 Å². The van der Waals surface area contributed by atoms with Gasteiger partial charge in [0.25, 0.3) is 0 Å². The Morgan fingerprint density at radius 2 is 2.04 bits per heavy atom. The van der Waals surface area contributed by atoms with Crippen molar-refractivity contribution in [3.63, 3.8) is 0 Å². The minimum atomic E-state index is 0.464. The van der Waals surface area contributed by atoms with E-state index in [-0.39, 0.29) is 0 Å². The average Bonchev–Trinajstić information content (AvgIpc) is 3.18. The van der Waals surface area contributed by atoms with E-state index in [4.69, 9.17) is 29.0 Å². The van der Waals surface area contributed by atoms with Crippen LogP contribution in [0.5, 0.6) is 0 Å². The van der Waals surface area contributed by atoms with Crippen molar-refractivity contribution in [3.05, 3.63) is 34.1 Å². The largest absolute Gasteiger partial charge is 0.335 e. The molecular weight excluding hydrogens is 383 g/mol. The fraction of sp³-hybridized carbons (Fsp3) is 0.357. The summed E-state index contributed by atoms with van der Waals surface area (Å²) in [4.78, 5) is 0. The molecular formula is C14H16Cl2N8S. The molecule has 0 radical (unpaired) electrons. The van der Waals surface area contributed by atoms with Gasteiger partial charge in [-0.25, -0.2) is 9.36 Å². The van der Waals surface area contributed by atoms with Crippen molar-refractivity contribution < 1.29 is 0 Å². The quantitative estimate of drug-likeness (QED) is 0.481. The van der Waals surface area contributed by atoms with Gasteiger partial charge in [0.15, 0.2) is 11.6 Å². The molecule has 2 aromatic heterocycles. The van der Waals surface area contributed by atoms with Gasteiger partial charge in [0.2, 0.25) is 5.16 Å². The van der Waals surface area contributed by atoms with E-state index >= 15 is 0 Å². The molecule has 0 spiro atoms. The molecule has 0 saturated carbocycles. The van der Waals surface area contributed by atoms with Crippen LogP contribution in [0.2, 0.25) is 10.0 Å². The molecule has 11 heteroatoms. The molecule has 2 heterocycles. The number of halogens is 2. The molecule has 0 aliphatic carbocycles. The van der Waals surface area contributed by atoms with Crippen molar-refractivity contribution in [2.45, 2.75) is 37.2 Å². The van der Waals surface area contributed by atoms with E-state index in [0.29, 0.717) is 32.3 Å². The highest BCUT2D eigenvalue weighted by molar-refractivity contribution is 7.98. The van der Waals surface area contributed by atoms with E-state index in [1.165, 1.54) is 16.4 Å². The van der Waals surface area contributed by atoms with Crippen molar-refractivity contribution in [2.75, 3.05) is 5.84 Å². The smallest absolute Gasteiger partial charge is 0.210 e. The van der Waals surface area contributed by atoms with Gasteiger partial charge < -0.3 is 5.84 Å². The maximum Gasteiger partial charge on any atom is 0.210 e. The first-order valence-corrected chi connectivity index (χ1v) is 9.38. The summed E-state index contributed by atoms with van der Waals surface area (Å²) < 4.78 is 3.20. The van der Waals surface area contributed by atoms with Gasteiger partial charge in [-0.05, 0) is 35.0 Å². The third kappa shape index (κ3) is 4.05. The first kappa shape index (κ1) is 18.0. The summed E-state index contributed by atoms with van der Waals surface area (Å²) in [6.07, 6.45) is 2.10. The first-order chi connectivity index (χ1) is 12.1. The molecule has 132 valence electrons. The van der Waals surface area contributed by atoms with Crippen LogP contribution in [0.15, 0.2) is 23.4 Å². The SMILES string of the molecule is CCCCn1nnnc1CSc1nnc(-c2ccc(Cl)cc2Cl)n1N. The number of aryl methyl sites for hydroxylation is 1. The van der Waals surface area contributed by atoms with Gasteiger partial charge in [-0.15, -0.1) is 15.3 Å². The monoisotopic (exact) mass is 398 g/mol. The van der Waals surface area contributed by atoms with Gasteiger partial charge in [0.1, 0.15) is 0 Å². The molecule has 8 nitrogen and oxygen atoms in total. The molecule has 0 bridgehead atoms. The lowest BCUT2D eigenvalue weighted by atomic mass is 10.2. The number of aromatic nitrogens is 7. The molecule has 3 rings (SSSR count). The van der Waals surface area contributed by atoms with E-state index in [9.17, 15) is 0 Å². The summed E-state index contributed by atoms with van der Waals surface area (Å²) in [5.74, 6) is 7.90. The fourth-order valence-electron chi connectivity index (χ4n) is 2.17. The second kappa shape index (κ2) is 8.03. The lowest BCUT2D eigenvalue weighted by molar-refractivity contribution is 0.540. The molecule has 2 N–H and O–H groups in total. The van der Waals surface area contributed by atoms with Crippen LogP contribution in [0.1, 0.15) is 25.6 Å². The Hall–Kier alpha value is -1.84. The molecule has 0 aliphatic rings. The maximum absolute atomic E-state index is 6.22. The first-order valence-electron chi connectivity index (χ1n) is 7.64. The van der Waals surface area contributed by atoms with Crippen LogP contribution in [0, 0.1) is 0 Å². The number of tetrazole rings is 1. The van der Waals surface area contributed by atoms with Crippen LogP contribution in [0.3, 0.4) is 0 Å². The zero-order valence-electron chi connectivity index (χ0n) is 13.4. The van der Waals surface area contributed by atoms with Crippen LogP contribution in [-0.4, -0.2) is 35.1 Å². The van der Waals surface area contributed by atoms with Crippen LogP contribution in [0.25, 0.3) is 11.4 Å². The second-order valence-corrected chi connectivity index (χ2v) is 7.05. The Morgan fingerprint density at radius 1 is 1.20 bits per heavy atom. The van der Waals surface area contributed by atoms with Crippen LogP contribution in [-0.2, 0) is 12.3 Å². The lowest BCUT2D eigenvalue weighted by Gasteiger charge is -2.06. The topological polar surface area (TPSA) is 100 Å². The minimum absolute atomic E-state index is 0.464. The Bertz CT molecular complexity index is 862. The van der Waals surface area contributed by atoms with Crippen LogP contribution >= 0.6 is 35.0 Å². The van der Waals surface area contributed by atoms with E-state index in [2.05, 4.69) is 32.6 Å². The average molecular weight is 399 g/mol. The number of nitrogen functional groups attached to an aromatic ring is 1. The maximum atomic E-state index is 6.22. The number of thioether (sulfide) groups is 1. The van der Waals surface area contributed by atoms with Gasteiger partial charge in [0, 0.05) is 17.1 Å². The number of hydrogen-bond acceptors (Lipinski definition) is 7. The number of rotatable bonds is 7. The highest BCUT2D eigenvalue weighted by Gasteiger charge is 2.16. The molecule has 0 fully saturated rings. The lowest BCUT2D eigenvalue weighted by Crippen LogP contribution is -2.12. The summed E-state index contributed by atoms with van der Waals surface area (Å²) in [7, 11) is 0. The highest BCUT2D eigenvalue weighted by atomic mass is 35.5. The molecule has 3 aromatic rings. The molecule has 0 aliphatic heterocycles. The van der Waals surface area contributed by atoms with E-state index < -0.39 is 0 Å². The predicted molar refractivity (Wildman–Crippen MR) is 97.9 cm³/mol.